The van der Waals surface area contributed by atoms with Crippen molar-refractivity contribution in [3.05, 3.63) is 27.3 Å². The lowest BCUT2D eigenvalue weighted by Gasteiger charge is -2.06. The maximum Gasteiger partial charge on any atom is 0.143 e. The molecule has 0 saturated carbocycles. The fourth-order valence-electron chi connectivity index (χ4n) is 0.858. The maximum absolute atomic E-state index is 13.0. The molecule has 0 radical (unpaired) electrons. The van der Waals surface area contributed by atoms with Gasteiger partial charge in [-0.1, -0.05) is 0 Å². The highest BCUT2D eigenvalue weighted by Crippen LogP contribution is 2.21. The highest BCUT2D eigenvalue weighted by atomic mass is 127. The van der Waals surface area contributed by atoms with Crippen molar-refractivity contribution in [2.45, 2.75) is 0 Å². The Morgan fingerprint density at radius 2 is 1.79 bits per heavy atom. The molecule has 0 unspecified atom stereocenters. The lowest BCUT2D eigenvalue weighted by molar-refractivity contribution is 0.146. The molecule has 0 N–H and O–H groups in total. The lowest BCUT2D eigenvalue weighted by Crippen LogP contribution is -2.05. The first kappa shape index (κ1) is 11.6. The first-order valence-electron chi connectivity index (χ1n) is 3.91. The van der Waals surface area contributed by atoms with Crippen LogP contribution in [0.5, 0.6) is 5.75 Å². The molecule has 0 bridgehead atoms. The Hall–Kier alpha value is -0.430. The molecular formula is C9H9F2IO2. The van der Waals surface area contributed by atoms with Gasteiger partial charge in [-0.2, -0.15) is 0 Å². The topological polar surface area (TPSA) is 18.5 Å². The fraction of sp³-hybridized carbons (Fsp3) is 0.333. The molecule has 0 fully saturated rings. The van der Waals surface area contributed by atoms with Crippen molar-refractivity contribution < 1.29 is 18.3 Å². The first-order valence-corrected chi connectivity index (χ1v) is 4.99. The Morgan fingerprint density at radius 1 is 1.21 bits per heavy atom. The van der Waals surface area contributed by atoms with Gasteiger partial charge in [0.2, 0.25) is 0 Å². The summed E-state index contributed by atoms with van der Waals surface area (Å²) in [5.74, 6) is -1.05. The molecular weight excluding hydrogens is 305 g/mol. The summed E-state index contributed by atoms with van der Waals surface area (Å²) in [5, 5.41) is 0. The monoisotopic (exact) mass is 314 g/mol. The molecule has 0 aliphatic rings. The normalized spacial score (nSPS) is 10.3. The summed E-state index contributed by atoms with van der Waals surface area (Å²) in [5.41, 5.74) is 0. The van der Waals surface area contributed by atoms with Crippen molar-refractivity contribution in [3.8, 4) is 5.75 Å². The van der Waals surface area contributed by atoms with Gasteiger partial charge in [0.15, 0.2) is 0 Å². The predicted octanol–water partition coefficient (Wildman–Crippen LogP) is 2.59. The van der Waals surface area contributed by atoms with Crippen molar-refractivity contribution in [2.24, 2.45) is 0 Å². The Bertz CT molecular complexity index is 295. The van der Waals surface area contributed by atoms with Gasteiger partial charge in [-0.15, -0.1) is 0 Å². The molecule has 14 heavy (non-hydrogen) atoms. The second kappa shape index (κ2) is 5.45. The van der Waals surface area contributed by atoms with E-state index in [0.29, 0.717) is 6.61 Å². The van der Waals surface area contributed by atoms with E-state index in [1.54, 1.807) is 22.6 Å². The third kappa shape index (κ3) is 3.06. The molecule has 0 aliphatic carbocycles. The van der Waals surface area contributed by atoms with Crippen LogP contribution in [0.2, 0.25) is 0 Å². The Labute approximate surface area is 94.3 Å². The molecule has 0 aliphatic heterocycles. The number of ether oxygens (including phenoxy) is 2. The summed E-state index contributed by atoms with van der Waals surface area (Å²) in [6, 6.07) is 2.31. The second-order valence-corrected chi connectivity index (χ2v) is 3.62. The minimum absolute atomic E-state index is 0.0262. The molecule has 0 atom stereocenters. The number of hydrogen-bond donors (Lipinski definition) is 0. The van der Waals surface area contributed by atoms with Crippen LogP contribution in [0.1, 0.15) is 0 Å². The zero-order chi connectivity index (χ0) is 10.6. The third-order valence-electron chi connectivity index (χ3n) is 1.51. The van der Waals surface area contributed by atoms with E-state index in [2.05, 4.69) is 0 Å². The average molecular weight is 314 g/mol. The second-order valence-electron chi connectivity index (χ2n) is 2.54. The van der Waals surface area contributed by atoms with E-state index in [1.165, 1.54) is 7.11 Å². The Morgan fingerprint density at radius 3 is 2.29 bits per heavy atom. The van der Waals surface area contributed by atoms with Gasteiger partial charge in [-0.05, 0) is 22.6 Å². The number of hydrogen-bond acceptors (Lipinski definition) is 2. The van der Waals surface area contributed by atoms with Gasteiger partial charge in [-0.3, -0.25) is 0 Å². The molecule has 0 saturated heterocycles. The van der Waals surface area contributed by atoms with E-state index < -0.39 is 11.6 Å². The van der Waals surface area contributed by atoms with E-state index in [-0.39, 0.29) is 15.9 Å². The number of rotatable bonds is 4. The third-order valence-corrected chi connectivity index (χ3v) is 2.54. The average Bonchev–Trinajstić information content (AvgIpc) is 2.14. The SMILES string of the molecule is COCCOc1cc(F)c(I)c(F)c1. The van der Waals surface area contributed by atoms with E-state index in [0.717, 1.165) is 12.1 Å². The van der Waals surface area contributed by atoms with E-state index in [9.17, 15) is 8.78 Å². The minimum Gasteiger partial charge on any atom is -0.491 e. The number of benzene rings is 1. The summed E-state index contributed by atoms with van der Waals surface area (Å²) < 4.78 is 35.7. The van der Waals surface area contributed by atoms with Crippen molar-refractivity contribution >= 4 is 22.6 Å². The molecule has 0 heterocycles. The van der Waals surface area contributed by atoms with E-state index in [1.807, 2.05) is 0 Å². The van der Waals surface area contributed by atoms with Gasteiger partial charge in [0.25, 0.3) is 0 Å². The molecule has 5 heteroatoms. The van der Waals surface area contributed by atoms with E-state index in [4.69, 9.17) is 9.47 Å². The number of halogens is 3. The quantitative estimate of drug-likeness (QED) is 0.483. The standard InChI is InChI=1S/C9H9F2IO2/c1-13-2-3-14-6-4-7(10)9(12)8(11)5-6/h4-5H,2-3H2,1H3. The summed E-state index contributed by atoms with van der Waals surface area (Å²) in [6.45, 7) is 0.658. The molecule has 0 aromatic heterocycles. The highest BCUT2D eigenvalue weighted by Gasteiger charge is 2.08. The largest absolute Gasteiger partial charge is 0.491 e. The molecule has 0 amide bonds. The summed E-state index contributed by atoms with van der Waals surface area (Å²) in [6.07, 6.45) is 0. The smallest absolute Gasteiger partial charge is 0.143 e. The zero-order valence-corrected chi connectivity index (χ0v) is 9.68. The molecule has 2 nitrogen and oxygen atoms in total. The van der Waals surface area contributed by atoms with Gasteiger partial charge in [0, 0.05) is 19.2 Å². The van der Waals surface area contributed by atoms with E-state index >= 15 is 0 Å². The lowest BCUT2D eigenvalue weighted by atomic mass is 10.3. The van der Waals surface area contributed by atoms with Crippen molar-refractivity contribution in [2.75, 3.05) is 20.3 Å². The van der Waals surface area contributed by atoms with Crippen molar-refractivity contribution in [3.63, 3.8) is 0 Å². The van der Waals surface area contributed by atoms with Crippen LogP contribution in [-0.4, -0.2) is 20.3 Å². The van der Waals surface area contributed by atoms with Crippen LogP contribution in [0.4, 0.5) is 8.78 Å². The van der Waals surface area contributed by atoms with Crippen molar-refractivity contribution in [1.82, 2.24) is 0 Å². The fourth-order valence-corrected chi connectivity index (χ4v) is 1.17. The van der Waals surface area contributed by atoms with Crippen LogP contribution in [0.15, 0.2) is 12.1 Å². The number of methoxy groups -OCH3 is 1. The van der Waals surface area contributed by atoms with Gasteiger partial charge in [0.05, 0.1) is 10.2 Å². The van der Waals surface area contributed by atoms with Crippen LogP contribution >= 0.6 is 22.6 Å². The first-order chi connectivity index (χ1) is 6.65. The van der Waals surface area contributed by atoms with Crippen LogP contribution in [0.25, 0.3) is 0 Å². The molecule has 1 aromatic rings. The zero-order valence-electron chi connectivity index (χ0n) is 7.52. The molecule has 78 valence electrons. The summed E-state index contributed by atoms with van der Waals surface area (Å²) in [4.78, 5) is 0. The van der Waals surface area contributed by atoms with Crippen LogP contribution in [-0.2, 0) is 4.74 Å². The Kier molecular flexibility index (Phi) is 4.53. The van der Waals surface area contributed by atoms with Gasteiger partial charge in [0.1, 0.15) is 24.0 Å². The van der Waals surface area contributed by atoms with Crippen LogP contribution in [0, 0.1) is 15.2 Å². The van der Waals surface area contributed by atoms with Gasteiger partial charge in [-0.25, -0.2) is 8.78 Å². The summed E-state index contributed by atoms with van der Waals surface area (Å²) in [7, 11) is 1.53. The van der Waals surface area contributed by atoms with Crippen LogP contribution < -0.4 is 4.74 Å². The van der Waals surface area contributed by atoms with Crippen LogP contribution in [0.3, 0.4) is 0 Å². The maximum atomic E-state index is 13.0. The Balaban J connectivity index is 2.69. The highest BCUT2D eigenvalue weighted by molar-refractivity contribution is 14.1. The van der Waals surface area contributed by atoms with Gasteiger partial charge < -0.3 is 9.47 Å². The van der Waals surface area contributed by atoms with Gasteiger partial charge >= 0.3 is 0 Å². The van der Waals surface area contributed by atoms with Crippen molar-refractivity contribution in [1.29, 1.82) is 0 Å². The minimum atomic E-state index is -0.613. The molecule has 1 aromatic carbocycles. The predicted molar refractivity (Wildman–Crippen MR) is 56.4 cm³/mol. The molecule has 0 spiro atoms. The molecule has 1 rings (SSSR count). The summed E-state index contributed by atoms with van der Waals surface area (Å²) >= 11 is 1.60.